The fourth-order valence-corrected chi connectivity index (χ4v) is 2.80. The molecule has 1 N–H and O–H groups in total. The summed E-state index contributed by atoms with van der Waals surface area (Å²) in [7, 11) is 0. The molecule has 0 saturated heterocycles. The normalized spacial score (nSPS) is 18.1. The summed E-state index contributed by atoms with van der Waals surface area (Å²) in [6, 6.07) is 8.06. The number of rotatable bonds is 3. The number of imidazole rings is 1. The minimum absolute atomic E-state index is 0.379. The molecule has 3 nitrogen and oxygen atoms in total. The average molecular weight is 256 g/mol. The molecule has 0 saturated carbocycles. The molecule has 0 aliphatic heterocycles. The summed E-state index contributed by atoms with van der Waals surface area (Å²) in [6.45, 7) is 0.604. The van der Waals surface area contributed by atoms with Crippen LogP contribution in [-0.4, -0.2) is 20.8 Å². The fraction of sp³-hybridized carbons (Fsp3) is 0.438. The number of aliphatic hydroxyl groups is 1. The molecular weight excluding hydrogens is 236 g/mol. The van der Waals surface area contributed by atoms with Crippen molar-refractivity contribution in [3.8, 4) is 0 Å². The van der Waals surface area contributed by atoms with Crippen LogP contribution in [0.2, 0.25) is 0 Å². The van der Waals surface area contributed by atoms with Gasteiger partial charge in [-0.15, -0.1) is 0 Å². The van der Waals surface area contributed by atoms with Crippen LogP contribution in [0.15, 0.2) is 42.2 Å². The summed E-state index contributed by atoms with van der Waals surface area (Å²) in [5, 5.41) is 10.4. The Hall–Kier alpha value is -1.61. The van der Waals surface area contributed by atoms with Gasteiger partial charge in [-0.2, -0.15) is 0 Å². The first-order valence-corrected chi connectivity index (χ1v) is 7.11. The standard InChI is InChI=1S/C16H20N2O/c19-16(13-7-3-1-2-4-8-13)11-18-12-17-14-9-5-6-10-15(14)18/h5-7,9-10,12,16,19H,1-4,8,11H2. The van der Waals surface area contributed by atoms with Crippen LogP contribution >= 0.6 is 0 Å². The minimum Gasteiger partial charge on any atom is -0.387 e. The van der Waals surface area contributed by atoms with Gasteiger partial charge in [0.25, 0.3) is 0 Å². The molecule has 19 heavy (non-hydrogen) atoms. The van der Waals surface area contributed by atoms with E-state index < -0.39 is 0 Å². The second-order valence-electron chi connectivity index (χ2n) is 5.28. The van der Waals surface area contributed by atoms with Crippen molar-refractivity contribution in [1.29, 1.82) is 0 Å². The lowest BCUT2D eigenvalue weighted by atomic mass is 10.0. The van der Waals surface area contributed by atoms with Crippen LogP contribution in [0, 0.1) is 0 Å². The van der Waals surface area contributed by atoms with Crippen LogP contribution in [0.1, 0.15) is 32.1 Å². The molecule has 1 aromatic heterocycles. The summed E-state index contributed by atoms with van der Waals surface area (Å²) in [5.74, 6) is 0. The maximum atomic E-state index is 10.4. The van der Waals surface area contributed by atoms with Crippen molar-refractivity contribution in [2.24, 2.45) is 0 Å². The quantitative estimate of drug-likeness (QED) is 0.856. The number of benzene rings is 1. The van der Waals surface area contributed by atoms with Crippen LogP contribution in [0.25, 0.3) is 11.0 Å². The molecule has 1 aliphatic carbocycles. The topological polar surface area (TPSA) is 38.0 Å². The Morgan fingerprint density at radius 1 is 1.21 bits per heavy atom. The highest BCUT2D eigenvalue weighted by atomic mass is 16.3. The number of aliphatic hydroxyl groups excluding tert-OH is 1. The maximum absolute atomic E-state index is 10.4. The minimum atomic E-state index is -0.379. The van der Waals surface area contributed by atoms with Gasteiger partial charge in [0.05, 0.1) is 30.0 Å². The molecule has 3 rings (SSSR count). The number of hydrogen-bond acceptors (Lipinski definition) is 2. The Morgan fingerprint density at radius 2 is 2.11 bits per heavy atom. The van der Waals surface area contributed by atoms with Gasteiger partial charge in [0, 0.05) is 0 Å². The second-order valence-corrected chi connectivity index (χ2v) is 5.28. The van der Waals surface area contributed by atoms with Crippen molar-refractivity contribution in [2.45, 2.75) is 44.8 Å². The molecule has 1 aromatic carbocycles. The molecule has 0 amide bonds. The molecule has 1 atom stereocenters. The van der Waals surface area contributed by atoms with E-state index in [2.05, 4.69) is 17.1 Å². The van der Waals surface area contributed by atoms with E-state index in [1.807, 2.05) is 29.1 Å². The Kier molecular flexibility index (Phi) is 3.65. The van der Waals surface area contributed by atoms with Crippen LogP contribution in [0.5, 0.6) is 0 Å². The third-order valence-electron chi connectivity index (χ3n) is 3.90. The lowest BCUT2D eigenvalue weighted by Crippen LogP contribution is -2.18. The average Bonchev–Trinajstić information content (AvgIpc) is 2.66. The maximum Gasteiger partial charge on any atom is 0.0959 e. The van der Waals surface area contributed by atoms with Crippen molar-refractivity contribution in [1.82, 2.24) is 9.55 Å². The number of fused-ring (bicyclic) bond motifs is 1. The molecule has 3 heteroatoms. The monoisotopic (exact) mass is 256 g/mol. The highest BCUT2D eigenvalue weighted by Crippen LogP contribution is 2.22. The Labute approximate surface area is 113 Å². The summed E-state index contributed by atoms with van der Waals surface area (Å²) >= 11 is 0. The first-order valence-electron chi connectivity index (χ1n) is 7.11. The van der Waals surface area contributed by atoms with Crippen molar-refractivity contribution in [3.63, 3.8) is 0 Å². The molecule has 100 valence electrons. The van der Waals surface area contributed by atoms with Gasteiger partial charge in [-0.1, -0.05) is 24.6 Å². The zero-order valence-corrected chi connectivity index (χ0v) is 11.1. The molecule has 0 radical (unpaired) electrons. The summed E-state index contributed by atoms with van der Waals surface area (Å²) < 4.78 is 2.05. The van der Waals surface area contributed by atoms with Gasteiger partial charge in [0.2, 0.25) is 0 Å². The van der Waals surface area contributed by atoms with E-state index in [1.54, 1.807) is 0 Å². The fourth-order valence-electron chi connectivity index (χ4n) is 2.80. The van der Waals surface area contributed by atoms with Gasteiger partial charge in [-0.3, -0.25) is 0 Å². The number of nitrogens with zero attached hydrogens (tertiary/aromatic N) is 2. The molecule has 0 fully saturated rings. The van der Waals surface area contributed by atoms with E-state index in [-0.39, 0.29) is 6.10 Å². The van der Waals surface area contributed by atoms with E-state index in [0.29, 0.717) is 6.54 Å². The number of para-hydroxylation sites is 2. The summed E-state index contributed by atoms with van der Waals surface area (Å²) in [4.78, 5) is 4.37. The van der Waals surface area contributed by atoms with Crippen LogP contribution < -0.4 is 0 Å². The first kappa shape index (κ1) is 12.4. The Bertz CT molecular complexity index is 585. The van der Waals surface area contributed by atoms with Crippen LogP contribution in [0.3, 0.4) is 0 Å². The molecule has 1 heterocycles. The largest absolute Gasteiger partial charge is 0.387 e. The van der Waals surface area contributed by atoms with Gasteiger partial charge in [0.1, 0.15) is 0 Å². The van der Waals surface area contributed by atoms with E-state index in [4.69, 9.17) is 0 Å². The molecule has 1 aliphatic rings. The highest BCUT2D eigenvalue weighted by Gasteiger charge is 2.14. The molecule has 2 aromatic rings. The third-order valence-corrected chi connectivity index (χ3v) is 3.90. The van der Waals surface area contributed by atoms with Gasteiger partial charge in [-0.05, 0) is 43.4 Å². The van der Waals surface area contributed by atoms with Crippen molar-refractivity contribution >= 4 is 11.0 Å². The number of hydrogen-bond donors (Lipinski definition) is 1. The van der Waals surface area contributed by atoms with E-state index >= 15 is 0 Å². The molecule has 0 spiro atoms. The Balaban J connectivity index is 1.78. The lowest BCUT2D eigenvalue weighted by molar-refractivity contribution is 0.186. The number of allylic oxidation sites excluding steroid dienone is 1. The first-order chi connectivity index (χ1) is 9.34. The SMILES string of the molecule is OC(Cn1cnc2ccccc21)C1=CCCCCC1. The summed E-state index contributed by atoms with van der Waals surface area (Å²) in [5.41, 5.74) is 3.29. The number of aromatic nitrogens is 2. The van der Waals surface area contributed by atoms with Crippen molar-refractivity contribution in [3.05, 3.63) is 42.2 Å². The van der Waals surface area contributed by atoms with Crippen molar-refractivity contribution in [2.75, 3.05) is 0 Å². The predicted molar refractivity (Wildman–Crippen MR) is 76.9 cm³/mol. The van der Waals surface area contributed by atoms with Gasteiger partial charge < -0.3 is 9.67 Å². The molecular formula is C16H20N2O. The second kappa shape index (κ2) is 5.57. The smallest absolute Gasteiger partial charge is 0.0959 e. The third kappa shape index (κ3) is 2.71. The van der Waals surface area contributed by atoms with E-state index in [0.717, 1.165) is 23.9 Å². The Morgan fingerprint density at radius 3 is 3.05 bits per heavy atom. The van der Waals surface area contributed by atoms with Gasteiger partial charge in [0.15, 0.2) is 0 Å². The predicted octanol–water partition coefficient (Wildman–Crippen LogP) is 3.29. The zero-order chi connectivity index (χ0) is 13.1. The highest BCUT2D eigenvalue weighted by molar-refractivity contribution is 5.74. The summed E-state index contributed by atoms with van der Waals surface area (Å²) in [6.07, 6.45) is 9.56. The lowest BCUT2D eigenvalue weighted by Gasteiger charge is -2.15. The van der Waals surface area contributed by atoms with E-state index in [9.17, 15) is 5.11 Å². The zero-order valence-electron chi connectivity index (χ0n) is 11.1. The molecule has 1 unspecified atom stereocenters. The van der Waals surface area contributed by atoms with E-state index in [1.165, 1.54) is 24.8 Å². The van der Waals surface area contributed by atoms with Gasteiger partial charge in [-0.25, -0.2) is 4.98 Å². The van der Waals surface area contributed by atoms with Gasteiger partial charge >= 0.3 is 0 Å². The van der Waals surface area contributed by atoms with Crippen LogP contribution in [0.4, 0.5) is 0 Å². The molecule has 0 bridgehead atoms. The van der Waals surface area contributed by atoms with Crippen LogP contribution in [-0.2, 0) is 6.54 Å². The van der Waals surface area contributed by atoms with Crippen molar-refractivity contribution < 1.29 is 5.11 Å².